The molecule has 2 rings (SSSR count). The van der Waals surface area contributed by atoms with Crippen molar-refractivity contribution in [2.45, 2.75) is 65.5 Å². The lowest BCUT2D eigenvalue weighted by molar-refractivity contribution is -0.158. The topological polar surface area (TPSA) is 72.9 Å². The van der Waals surface area contributed by atoms with Crippen molar-refractivity contribution >= 4 is 18.0 Å². The molecule has 1 aromatic carbocycles. The maximum Gasteiger partial charge on any atom is 0.416 e. The van der Waals surface area contributed by atoms with E-state index in [1.54, 1.807) is 20.8 Å². The first-order chi connectivity index (χ1) is 13.1. The zero-order valence-electron chi connectivity index (χ0n) is 17.4. The molecule has 1 fully saturated rings. The standard InChI is InChI=1S/C22H31NO5/c1-15(2)11-17(13-19(24)28-22(3,4)5)20(25)23-18(14-27-21(23)26)12-16-9-7-6-8-10-16/h6-10,15,17-18H,11-14H2,1-5H3/t17-,18+/m1/s1. The van der Waals surface area contributed by atoms with Crippen molar-refractivity contribution in [3.63, 3.8) is 0 Å². The number of ether oxygens (including phenoxy) is 2. The molecule has 0 bridgehead atoms. The van der Waals surface area contributed by atoms with Crippen LogP contribution in [0.4, 0.5) is 4.79 Å². The Bertz CT molecular complexity index is 693. The van der Waals surface area contributed by atoms with Crippen molar-refractivity contribution in [1.29, 1.82) is 0 Å². The van der Waals surface area contributed by atoms with Crippen LogP contribution in [0.3, 0.4) is 0 Å². The lowest BCUT2D eigenvalue weighted by Gasteiger charge is -2.27. The first kappa shape index (κ1) is 21.9. The van der Waals surface area contributed by atoms with Gasteiger partial charge in [0, 0.05) is 5.92 Å². The van der Waals surface area contributed by atoms with Crippen LogP contribution in [0.5, 0.6) is 0 Å². The number of nitrogens with zero attached hydrogens (tertiary/aromatic N) is 1. The fraction of sp³-hybridized carbons (Fsp3) is 0.591. The quantitative estimate of drug-likeness (QED) is 0.660. The molecule has 2 amide bonds. The minimum absolute atomic E-state index is 0.0455. The van der Waals surface area contributed by atoms with E-state index in [2.05, 4.69) is 0 Å². The van der Waals surface area contributed by atoms with Crippen molar-refractivity contribution in [3.05, 3.63) is 35.9 Å². The van der Waals surface area contributed by atoms with Gasteiger partial charge in [0.05, 0.1) is 12.5 Å². The van der Waals surface area contributed by atoms with E-state index >= 15 is 0 Å². The largest absolute Gasteiger partial charge is 0.460 e. The summed E-state index contributed by atoms with van der Waals surface area (Å²) >= 11 is 0. The number of rotatable bonds is 7. The highest BCUT2D eigenvalue weighted by molar-refractivity contribution is 5.96. The second-order valence-corrected chi connectivity index (χ2v) is 8.75. The lowest BCUT2D eigenvalue weighted by atomic mass is 9.92. The molecule has 1 saturated heterocycles. The van der Waals surface area contributed by atoms with E-state index < -0.39 is 23.6 Å². The fourth-order valence-electron chi connectivity index (χ4n) is 3.39. The zero-order valence-corrected chi connectivity index (χ0v) is 17.4. The van der Waals surface area contributed by atoms with E-state index in [4.69, 9.17) is 9.47 Å². The molecule has 2 atom stereocenters. The summed E-state index contributed by atoms with van der Waals surface area (Å²) in [6.07, 6.45) is 0.346. The second-order valence-electron chi connectivity index (χ2n) is 8.75. The number of hydrogen-bond acceptors (Lipinski definition) is 5. The Morgan fingerprint density at radius 3 is 2.43 bits per heavy atom. The van der Waals surface area contributed by atoms with Crippen molar-refractivity contribution < 1.29 is 23.9 Å². The van der Waals surface area contributed by atoms with Gasteiger partial charge < -0.3 is 9.47 Å². The summed E-state index contributed by atoms with van der Waals surface area (Å²) in [5.41, 5.74) is 0.404. The van der Waals surface area contributed by atoms with Gasteiger partial charge in [-0.2, -0.15) is 0 Å². The first-order valence-electron chi connectivity index (χ1n) is 9.82. The number of hydrogen-bond donors (Lipinski definition) is 0. The molecule has 0 unspecified atom stereocenters. The molecule has 1 aliphatic rings. The van der Waals surface area contributed by atoms with Gasteiger partial charge >= 0.3 is 12.1 Å². The van der Waals surface area contributed by atoms with Gasteiger partial charge in [0.2, 0.25) is 5.91 Å². The van der Waals surface area contributed by atoms with Crippen LogP contribution in [0.25, 0.3) is 0 Å². The molecule has 0 spiro atoms. The highest BCUT2D eigenvalue weighted by Gasteiger charge is 2.41. The van der Waals surface area contributed by atoms with E-state index in [0.717, 1.165) is 5.56 Å². The van der Waals surface area contributed by atoms with Gasteiger partial charge in [-0.1, -0.05) is 44.2 Å². The maximum atomic E-state index is 13.2. The molecule has 154 valence electrons. The third kappa shape index (κ3) is 6.36. The van der Waals surface area contributed by atoms with E-state index in [1.807, 2.05) is 44.2 Å². The summed E-state index contributed by atoms with van der Waals surface area (Å²) in [5.74, 6) is -1.21. The molecular weight excluding hydrogens is 358 g/mol. The highest BCUT2D eigenvalue weighted by Crippen LogP contribution is 2.26. The summed E-state index contributed by atoms with van der Waals surface area (Å²) in [6, 6.07) is 9.31. The van der Waals surface area contributed by atoms with Crippen molar-refractivity contribution in [3.8, 4) is 0 Å². The Kier molecular flexibility index (Phi) is 7.22. The van der Waals surface area contributed by atoms with Crippen LogP contribution in [0, 0.1) is 11.8 Å². The normalized spacial score (nSPS) is 18.1. The van der Waals surface area contributed by atoms with Gasteiger partial charge in [0.25, 0.3) is 0 Å². The van der Waals surface area contributed by atoms with Crippen molar-refractivity contribution in [1.82, 2.24) is 4.90 Å². The van der Waals surface area contributed by atoms with E-state index in [0.29, 0.717) is 12.8 Å². The molecule has 1 aliphatic heterocycles. The number of carbonyl (C=O) groups excluding carboxylic acids is 3. The molecule has 1 aromatic rings. The predicted molar refractivity (Wildman–Crippen MR) is 106 cm³/mol. The van der Waals surface area contributed by atoms with Gasteiger partial charge in [0.1, 0.15) is 12.2 Å². The predicted octanol–water partition coefficient (Wildman–Crippen LogP) is 3.97. The number of cyclic esters (lactones) is 1. The average Bonchev–Trinajstić information content (AvgIpc) is 2.93. The van der Waals surface area contributed by atoms with Gasteiger partial charge in [-0.3, -0.25) is 9.59 Å². The number of amides is 2. The number of imide groups is 1. The van der Waals surface area contributed by atoms with Crippen LogP contribution in [0.1, 0.15) is 53.0 Å². The third-order valence-corrected chi connectivity index (χ3v) is 4.45. The Balaban J connectivity index is 2.15. The van der Waals surface area contributed by atoms with Crippen LogP contribution >= 0.6 is 0 Å². The lowest BCUT2D eigenvalue weighted by Crippen LogP contribution is -2.44. The summed E-state index contributed by atoms with van der Waals surface area (Å²) in [6.45, 7) is 9.51. The fourth-order valence-corrected chi connectivity index (χ4v) is 3.39. The van der Waals surface area contributed by atoms with Crippen LogP contribution < -0.4 is 0 Å². The molecule has 1 heterocycles. The van der Waals surface area contributed by atoms with Gasteiger partial charge in [0.15, 0.2) is 0 Å². The Hall–Kier alpha value is -2.37. The molecular formula is C22H31NO5. The molecule has 28 heavy (non-hydrogen) atoms. The Morgan fingerprint density at radius 2 is 1.86 bits per heavy atom. The van der Waals surface area contributed by atoms with Gasteiger partial charge in [-0.15, -0.1) is 0 Å². The van der Waals surface area contributed by atoms with Crippen LogP contribution in [-0.4, -0.2) is 41.1 Å². The smallest absolute Gasteiger partial charge is 0.416 e. The van der Waals surface area contributed by atoms with E-state index in [9.17, 15) is 14.4 Å². The van der Waals surface area contributed by atoms with Crippen molar-refractivity contribution in [2.24, 2.45) is 11.8 Å². The van der Waals surface area contributed by atoms with Crippen LogP contribution in [-0.2, 0) is 25.5 Å². The molecule has 0 saturated carbocycles. The van der Waals surface area contributed by atoms with E-state index in [1.165, 1.54) is 4.90 Å². The Morgan fingerprint density at radius 1 is 1.21 bits per heavy atom. The van der Waals surface area contributed by atoms with Gasteiger partial charge in [-0.05, 0) is 45.1 Å². The second kappa shape index (κ2) is 9.22. The number of carbonyl (C=O) groups is 3. The summed E-state index contributed by atoms with van der Waals surface area (Å²) in [5, 5.41) is 0. The monoisotopic (exact) mass is 389 g/mol. The minimum atomic E-state index is -0.635. The molecule has 6 heteroatoms. The zero-order chi connectivity index (χ0) is 20.9. The summed E-state index contributed by atoms with van der Waals surface area (Å²) in [4.78, 5) is 39.0. The minimum Gasteiger partial charge on any atom is -0.460 e. The Labute approximate surface area is 167 Å². The summed E-state index contributed by atoms with van der Waals surface area (Å²) < 4.78 is 10.5. The van der Waals surface area contributed by atoms with Crippen LogP contribution in [0.2, 0.25) is 0 Å². The van der Waals surface area contributed by atoms with Crippen LogP contribution in [0.15, 0.2) is 30.3 Å². The molecule has 0 N–H and O–H groups in total. The number of benzene rings is 1. The first-order valence-corrected chi connectivity index (χ1v) is 9.82. The van der Waals surface area contributed by atoms with E-state index in [-0.39, 0.29) is 30.9 Å². The third-order valence-electron chi connectivity index (χ3n) is 4.45. The summed E-state index contributed by atoms with van der Waals surface area (Å²) in [7, 11) is 0. The molecule has 0 aromatic heterocycles. The average molecular weight is 389 g/mol. The number of esters is 1. The van der Waals surface area contributed by atoms with Crippen molar-refractivity contribution in [2.75, 3.05) is 6.61 Å². The molecule has 0 aliphatic carbocycles. The SMILES string of the molecule is CC(C)C[C@H](CC(=O)OC(C)(C)C)C(=O)N1C(=O)OC[C@@H]1Cc1ccccc1. The van der Waals surface area contributed by atoms with Gasteiger partial charge in [-0.25, -0.2) is 9.69 Å². The maximum absolute atomic E-state index is 13.2. The molecule has 0 radical (unpaired) electrons. The molecule has 6 nitrogen and oxygen atoms in total. The highest BCUT2D eigenvalue weighted by atomic mass is 16.6.